The summed E-state index contributed by atoms with van der Waals surface area (Å²) in [5.41, 5.74) is 1.95. The van der Waals surface area contributed by atoms with Crippen molar-refractivity contribution in [3.8, 4) is 0 Å². The number of ether oxygens (including phenoxy) is 2. The highest BCUT2D eigenvalue weighted by Crippen LogP contribution is 2.51. The molecule has 0 aromatic heterocycles. The van der Waals surface area contributed by atoms with E-state index in [-0.39, 0.29) is 40.7 Å². The highest BCUT2D eigenvalue weighted by Gasteiger charge is 2.46. The molecule has 8 rings (SSSR count). The minimum absolute atomic E-state index is 0. The Morgan fingerprint density at radius 3 is 1.08 bits per heavy atom. The van der Waals surface area contributed by atoms with Crippen LogP contribution >= 0.6 is 0 Å². The number of esters is 1. The fraction of sp³-hybridized carbons (Fsp3) is 0.654. The molecule has 4 fully saturated rings. The number of aliphatic carboxylic acids is 5. The molecule has 14 nitrogen and oxygen atoms in total. The molecule has 0 spiro atoms. The van der Waals surface area contributed by atoms with E-state index >= 15 is 0 Å². The molecule has 66 heavy (non-hydrogen) atoms. The molecule has 0 saturated heterocycles. The lowest BCUT2D eigenvalue weighted by Gasteiger charge is -2.35. The second-order valence-electron chi connectivity index (χ2n) is 20.3. The Labute approximate surface area is 393 Å². The molecule has 0 aliphatic heterocycles. The molecular formula is C52H78O14+2. The highest BCUT2D eigenvalue weighted by atomic mass is 16.6. The van der Waals surface area contributed by atoms with Gasteiger partial charge in [0.25, 0.3) is 0 Å². The van der Waals surface area contributed by atoms with Crippen LogP contribution in [-0.4, -0.2) is 90.9 Å². The van der Waals surface area contributed by atoms with Gasteiger partial charge in [0.15, 0.2) is 0 Å². The van der Waals surface area contributed by atoms with Gasteiger partial charge in [-0.3, -0.25) is 19.2 Å². The topological polar surface area (TPSA) is 242 Å². The van der Waals surface area contributed by atoms with Crippen LogP contribution in [0.4, 0.5) is 0 Å². The first-order chi connectivity index (χ1) is 30.8. The van der Waals surface area contributed by atoms with Crippen LogP contribution in [0.25, 0.3) is 0 Å². The zero-order valence-corrected chi connectivity index (χ0v) is 39.8. The predicted octanol–water partition coefficient (Wildman–Crippen LogP) is 9.24. The van der Waals surface area contributed by atoms with Gasteiger partial charge in [0.05, 0.1) is 31.3 Å². The molecule has 12 atom stereocenters. The molecule has 0 aromatic carbocycles. The van der Waals surface area contributed by atoms with E-state index < -0.39 is 48.0 Å². The number of aliphatic hydroxyl groups is 1. The fourth-order valence-electron chi connectivity index (χ4n) is 11.1. The van der Waals surface area contributed by atoms with Crippen molar-refractivity contribution in [2.75, 3.05) is 13.2 Å². The van der Waals surface area contributed by atoms with Gasteiger partial charge < -0.3 is 40.1 Å². The van der Waals surface area contributed by atoms with Gasteiger partial charge in [-0.2, -0.15) is 0 Å². The number of carboxylic acid groups (broad SMARTS) is 5. The zero-order valence-electron chi connectivity index (χ0n) is 41.8. The van der Waals surface area contributed by atoms with Crippen molar-refractivity contribution in [3.05, 3.63) is 72.9 Å². The third-order valence-corrected chi connectivity index (χ3v) is 14.3. The van der Waals surface area contributed by atoms with E-state index in [9.17, 15) is 24.0 Å². The van der Waals surface area contributed by atoms with E-state index in [1.165, 1.54) is 49.7 Å². The first-order valence-corrected chi connectivity index (χ1v) is 23.4. The number of hydrogen-bond donors (Lipinski definition) is 6. The lowest BCUT2D eigenvalue weighted by atomic mass is 9.80. The van der Waals surface area contributed by atoms with E-state index in [0.29, 0.717) is 35.5 Å². The fourth-order valence-corrected chi connectivity index (χ4v) is 11.1. The third-order valence-electron chi connectivity index (χ3n) is 14.3. The van der Waals surface area contributed by atoms with Crippen LogP contribution in [0.3, 0.4) is 0 Å². The summed E-state index contributed by atoms with van der Waals surface area (Å²) in [5, 5.41) is 48.0. The van der Waals surface area contributed by atoms with Gasteiger partial charge in [0.2, 0.25) is 0 Å². The molecule has 4 saturated carbocycles. The van der Waals surface area contributed by atoms with E-state index in [1.54, 1.807) is 0 Å². The van der Waals surface area contributed by atoms with E-state index in [4.69, 9.17) is 44.9 Å². The van der Waals surface area contributed by atoms with Crippen molar-refractivity contribution >= 4 is 35.8 Å². The molecule has 0 heterocycles. The van der Waals surface area contributed by atoms with Gasteiger partial charge >= 0.3 is 38.7 Å². The molecular weight excluding hydrogens is 849 g/mol. The standard InChI is InChI=1S/C14H20O4.C12H18O3.2C10H14.C4H6O4.C2H4O3/c1-14(2,18-13(17)6-5-12(15)16)11-8-9-3-4-10(11)7-9;1-12(2,15-7-11(13)14)10-6-8-3-4-9(10)5-8;2*1-7(2)10-6-8-3-4-9(10)5-8;5-3(6)1-2-4(7)8;3-1-2(4)5/h3-4,9-11H,5-8H2,1-2H3,(H,15,16);3-4,8-10H,5-7H2,1-2H3,(H,13,14);2*3-4,8-10H,1,5-6H2,2H3;1-2H2,(H,5,6)(H,7,8);3H,1H2,(H,4,5)/p+2. The number of allylic oxidation sites excluding steroid dienone is 10. The Morgan fingerprint density at radius 1 is 0.500 bits per heavy atom. The van der Waals surface area contributed by atoms with Crippen LogP contribution in [0.15, 0.2) is 72.9 Å². The number of carbonyl (C=O) groups excluding carboxylic acids is 1. The molecule has 8 bridgehead atoms. The second-order valence-corrected chi connectivity index (χ2v) is 20.3. The number of fused-ring (bicyclic) bond motifs is 8. The minimum atomic E-state index is -1.19. The molecule has 8 aliphatic carbocycles. The average Bonchev–Trinajstić information content (AvgIpc) is 4.12. The minimum Gasteiger partial charge on any atom is -0.481 e. The number of carbonyl (C=O) groups is 6. The lowest BCUT2D eigenvalue weighted by molar-refractivity contribution is -0.164. The summed E-state index contributed by atoms with van der Waals surface area (Å²) in [5.74, 6) is 2.80. The molecule has 0 amide bonds. The Balaban J connectivity index is 0.000000422. The van der Waals surface area contributed by atoms with Gasteiger partial charge in [-0.15, -0.1) is 0 Å². The van der Waals surface area contributed by atoms with Gasteiger partial charge in [-0.25, -0.2) is 9.59 Å². The summed E-state index contributed by atoms with van der Waals surface area (Å²) in [6, 6.07) is 0. The van der Waals surface area contributed by atoms with Gasteiger partial charge in [-0.05, 0) is 158 Å². The third kappa shape index (κ3) is 17.8. The lowest BCUT2D eigenvalue weighted by Crippen LogP contribution is -2.39. The summed E-state index contributed by atoms with van der Waals surface area (Å²) in [6.07, 6.45) is 27.9. The van der Waals surface area contributed by atoms with Crippen molar-refractivity contribution in [1.29, 1.82) is 0 Å². The largest absolute Gasteiger partial charge is 1.00 e. The maximum atomic E-state index is 11.6. The van der Waals surface area contributed by atoms with Crippen LogP contribution < -0.4 is 0 Å². The average molecular weight is 927 g/mol. The Kier molecular flexibility index (Phi) is 21.3. The van der Waals surface area contributed by atoms with Crippen LogP contribution in [0.1, 0.15) is 121 Å². The summed E-state index contributed by atoms with van der Waals surface area (Å²) >= 11 is 0. The first kappa shape index (κ1) is 55.5. The van der Waals surface area contributed by atoms with E-state index in [0.717, 1.165) is 48.3 Å². The highest BCUT2D eigenvalue weighted by molar-refractivity contribution is 5.77. The Morgan fingerprint density at radius 2 is 0.833 bits per heavy atom. The number of carboxylic acids is 5. The van der Waals surface area contributed by atoms with Crippen molar-refractivity contribution in [1.82, 2.24) is 0 Å². The van der Waals surface area contributed by atoms with Crippen molar-refractivity contribution in [2.24, 2.45) is 71.0 Å². The molecule has 368 valence electrons. The summed E-state index contributed by atoms with van der Waals surface area (Å²) in [7, 11) is 0. The monoisotopic (exact) mass is 927 g/mol. The Hall–Kier alpha value is -4.82. The second kappa shape index (κ2) is 25.4. The SMILES string of the molecule is C=C(C)C1CC2C=CC1C2.C=C(C)C1CC2C=CC1C2.CC(C)(OC(=O)CCC(=O)O)C1CC2C=CC1C2.CC(C)(OCC(=O)O)C1CC2C=CC1C2.O=C(O)CCC(=O)O.O=C(O)CO.[H+].[H+]. The summed E-state index contributed by atoms with van der Waals surface area (Å²) in [6.45, 7) is 19.3. The maximum Gasteiger partial charge on any atom is 1.00 e. The van der Waals surface area contributed by atoms with Crippen molar-refractivity contribution in [2.45, 2.75) is 130 Å². The van der Waals surface area contributed by atoms with Gasteiger partial charge in [0.1, 0.15) is 18.8 Å². The smallest absolute Gasteiger partial charge is 0.481 e. The molecule has 12 unspecified atom stereocenters. The molecule has 0 aromatic rings. The summed E-state index contributed by atoms with van der Waals surface area (Å²) in [4.78, 5) is 60.9. The van der Waals surface area contributed by atoms with E-state index in [2.05, 4.69) is 75.6 Å². The Bertz CT molecular complexity index is 1810. The van der Waals surface area contributed by atoms with Crippen LogP contribution in [-0.2, 0) is 38.2 Å². The van der Waals surface area contributed by atoms with E-state index in [1.807, 2.05) is 27.7 Å². The summed E-state index contributed by atoms with van der Waals surface area (Å²) < 4.78 is 11.0. The maximum absolute atomic E-state index is 11.6. The van der Waals surface area contributed by atoms with Crippen molar-refractivity contribution in [3.63, 3.8) is 0 Å². The van der Waals surface area contributed by atoms with Crippen LogP contribution in [0.5, 0.6) is 0 Å². The van der Waals surface area contributed by atoms with Crippen LogP contribution in [0, 0.1) is 71.0 Å². The zero-order chi connectivity index (χ0) is 49.5. The molecule has 8 aliphatic rings. The number of aliphatic hydroxyl groups excluding tert-OH is 1. The normalized spacial score (nSPS) is 30.2. The molecule has 6 N–H and O–H groups in total. The number of hydrogen-bond acceptors (Lipinski definition) is 9. The number of rotatable bonds is 15. The molecule has 0 radical (unpaired) electrons. The molecule has 14 heteroatoms. The van der Waals surface area contributed by atoms with Gasteiger partial charge in [0, 0.05) is 5.92 Å². The van der Waals surface area contributed by atoms with Crippen molar-refractivity contribution < 1.29 is 71.7 Å². The van der Waals surface area contributed by atoms with Crippen LogP contribution in [0.2, 0.25) is 0 Å². The predicted molar refractivity (Wildman–Crippen MR) is 251 cm³/mol. The van der Waals surface area contributed by atoms with Gasteiger partial charge in [-0.1, -0.05) is 72.9 Å². The first-order valence-electron chi connectivity index (χ1n) is 23.4. The quantitative estimate of drug-likeness (QED) is 0.0663.